The van der Waals surface area contributed by atoms with Crippen LogP contribution in [0.25, 0.3) is 0 Å². The van der Waals surface area contributed by atoms with Crippen LogP contribution in [0.2, 0.25) is 0 Å². The average Bonchev–Trinajstić information content (AvgIpc) is 2.70. The minimum Gasteiger partial charge on any atom is -0.0654 e. The molecule has 0 aromatic heterocycles. The Bertz CT molecular complexity index is 483. The molecule has 146 valence electrons. The third-order valence-electron chi connectivity index (χ3n) is 7.56. The maximum Gasteiger partial charge on any atom is -0.0162 e. The van der Waals surface area contributed by atoms with E-state index in [1.807, 2.05) is 0 Å². The standard InChI is InChI=1S/C26H42/c1-3-5-6-7-22-8-10-23(11-9-22)20-24-14-18-26(19-15-24)25-16-12-21(4-2)13-17-25/h12-13,16-17,22-24,26H,3-11,14-15,18-20H2,1-2H3. The Kier molecular flexibility index (Phi) is 8.08. The minimum atomic E-state index is 0.839. The smallest absolute Gasteiger partial charge is 0.0162 e. The van der Waals surface area contributed by atoms with E-state index in [1.165, 1.54) is 82.6 Å². The number of benzene rings is 1. The van der Waals surface area contributed by atoms with Gasteiger partial charge in [-0.1, -0.05) is 89.5 Å². The summed E-state index contributed by atoms with van der Waals surface area (Å²) >= 11 is 0. The highest BCUT2D eigenvalue weighted by Crippen LogP contribution is 2.41. The van der Waals surface area contributed by atoms with Crippen LogP contribution < -0.4 is 0 Å². The molecule has 0 heteroatoms. The molecule has 0 heterocycles. The first-order valence-corrected chi connectivity index (χ1v) is 11.9. The lowest BCUT2D eigenvalue weighted by Crippen LogP contribution is -2.20. The molecule has 0 amide bonds. The van der Waals surface area contributed by atoms with Crippen LogP contribution >= 0.6 is 0 Å². The van der Waals surface area contributed by atoms with Crippen LogP contribution in [0, 0.1) is 17.8 Å². The Balaban J connectivity index is 1.35. The Hall–Kier alpha value is -0.780. The third kappa shape index (κ3) is 5.86. The molecule has 1 aromatic rings. The van der Waals surface area contributed by atoms with E-state index in [2.05, 4.69) is 38.1 Å². The lowest BCUT2D eigenvalue weighted by Gasteiger charge is -2.34. The van der Waals surface area contributed by atoms with Gasteiger partial charge < -0.3 is 0 Å². The molecule has 0 atom stereocenters. The van der Waals surface area contributed by atoms with Gasteiger partial charge in [0.05, 0.1) is 0 Å². The van der Waals surface area contributed by atoms with Gasteiger partial charge in [0.1, 0.15) is 0 Å². The van der Waals surface area contributed by atoms with Gasteiger partial charge in [0, 0.05) is 0 Å². The van der Waals surface area contributed by atoms with Crippen molar-refractivity contribution in [2.75, 3.05) is 0 Å². The van der Waals surface area contributed by atoms with Crippen LogP contribution in [0.1, 0.15) is 114 Å². The predicted molar refractivity (Wildman–Crippen MR) is 115 cm³/mol. The van der Waals surface area contributed by atoms with Crippen molar-refractivity contribution in [3.8, 4) is 0 Å². The highest BCUT2D eigenvalue weighted by Gasteiger charge is 2.27. The van der Waals surface area contributed by atoms with Crippen molar-refractivity contribution in [2.45, 2.75) is 110 Å². The molecule has 0 spiro atoms. The second-order valence-corrected chi connectivity index (χ2v) is 9.43. The maximum atomic E-state index is 2.41. The van der Waals surface area contributed by atoms with Crippen molar-refractivity contribution < 1.29 is 0 Å². The fraction of sp³-hybridized carbons (Fsp3) is 0.769. The van der Waals surface area contributed by atoms with E-state index >= 15 is 0 Å². The van der Waals surface area contributed by atoms with Gasteiger partial charge in [-0.25, -0.2) is 0 Å². The summed E-state index contributed by atoms with van der Waals surface area (Å²) < 4.78 is 0. The highest BCUT2D eigenvalue weighted by molar-refractivity contribution is 5.25. The quantitative estimate of drug-likeness (QED) is 0.412. The summed E-state index contributed by atoms with van der Waals surface area (Å²) in [6.07, 6.45) is 20.5. The molecular formula is C26H42. The summed E-state index contributed by atoms with van der Waals surface area (Å²) in [5, 5.41) is 0. The van der Waals surface area contributed by atoms with Crippen molar-refractivity contribution in [2.24, 2.45) is 17.8 Å². The van der Waals surface area contributed by atoms with E-state index < -0.39 is 0 Å². The second kappa shape index (κ2) is 10.5. The summed E-state index contributed by atoms with van der Waals surface area (Å²) in [5.74, 6) is 4.00. The van der Waals surface area contributed by atoms with Crippen molar-refractivity contribution >= 4 is 0 Å². The van der Waals surface area contributed by atoms with Crippen LogP contribution in [-0.4, -0.2) is 0 Å². The predicted octanol–water partition coefficient (Wildman–Crippen LogP) is 8.30. The van der Waals surface area contributed by atoms with E-state index in [0.29, 0.717) is 0 Å². The van der Waals surface area contributed by atoms with Gasteiger partial charge in [0.2, 0.25) is 0 Å². The van der Waals surface area contributed by atoms with Crippen LogP contribution in [-0.2, 0) is 6.42 Å². The summed E-state index contributed by atoms with van der Waals surface area (Å²) in [4.78, 5) is 0. The van der Waals surface area contributed by atoms with Crippen molar-refractivity contribution in [3.63, 3.8) is 0 Å². The molecule has 0 bridgehead atoms. The molecule has 2 aliphatic carbocycles. The van der Waals surface area contributed by atoms with E-state index in [9.17, 15) is 0 Å². The molecule has 2 aliphatic rings. The Morgan fingerprint density at radius 2 is 1.27 bits per heavy atom. The highest BCUT2D eigenvalue weighted by atomic mass is 14.3. The van der Waals surface area contributed by atoms with Crippen molar-refractivity contribution in [1.82, 2.24) is 0 Å². The first-order valence-electron chi connectivity index (χ1n) is 11.9. The number of unbranched alkanes of at least 4 members (excludes halogenated alkanes) is 2. The molecule has 0 aliphatic heterocycles. The first kappa shape index (κ1) is 20.0. The van der Waals surface area contributed by atoms with Gasteiger partial charge in [-0.2, -0.15) is 0 Å². The summed E-state index contributed by atoms with van der Waals surface area (Å²) in [6, 6.07) is 9.51. The summed E-state index contributed by atoms with van der Waals surface area (Å²) in [6.45, 7) is 4.57. The molecule has 0 radical (unpaired) electrons. The van der Waals surface area contributed by atoms with Crippen LogP contribution in [0.5, 0.6) is 0 Å². The second-order valence-electron chi connectivity index (χ2n) is 9.43. The third-order valence-corrected chi connectivity index (χ3v) is 7.56. The largest absolute Gasteiger partial charge is 0.0654 e. The van der Waals surface area contributed by atoms with E-state index in [-0.39, 0.29) is 0 Å². The van der Waals surface area contributed by atoms with Crippen molar-refractivity contribution in [3.05, 3.63) is 35.4 Å². The fourth-order valence-electron chi connectivity index (χ4n) is 5.67. The number of aryl methyl sites for hydroxylation is 1. The minimum absolute atomic E-state index is 0.839. The van der Waals surface area contributed by atoms with Gasteiger partial charge in [0.25, 0.3) is 0 Å². The molecule has 0 saturated heterocycles. The van der Waals surface area contributed by atoms with Gasteiger partial charge in [-0.15, -0.1) is 0 Å². The molecule has 0 unspecified atom stereocenters. The van der Waals surface area contributed by atoms with Gasteiger partial charge in [-0.05, 0) is 73.3 Å². The zero-order valence-electron chi connectivity index (χ0n) is 17.5. The van der Waals surface area contributed by atoms with Crippen LogP contribution in [0.15, 0.2) is 24.3 Å². The Morgan fingerprint density at radius 1 is 0.692 bits per heavy atom. The fourth-order valence-corrected chi connectivity index (χ4v) is 5.67. The van der Waals surface area contributed by atoms with Gasteiger partial charge in [0.15, 0.2) is 0 Å². The SMILES string of the molecule is CCCCCC1CCC(CC2CCC(c3ccc(CC)cc3)CC2)CC1. The Morgan fingerprint density at radius 3 is 1.85 bits per heavy atom. The van der Waals surface area contributed by atoms with Gasteiger partial charge in [-0.3, -0.25) is 0 Å². The van der Waals surface area contributed by atoms with E-state index in [0.717, 1.165) is 30.1 Å². The van der Waals surface area contributed by atoms with Crippen LogP contribution in [0.3, 0.4) is 0 Å². The lowest BCUT2D eigenvalue weighted by atomic mass is 9.71. The van der Waals surface area contributed by atoms with Crippen molar-refractivity contribution in [1.29, 1.82) is 0 Å². The molecular weight excluding hydrogens is 312 g/mol. The molecule has 2 saturated carbocycles. The molecule has 2 fully saturated rings. The first-order chi connectivity index (χ1) is 12.8. The van der Waals surface area contributed by atoms with Gasteiger partial charge >= 0.3 is 0 Å². The zero-order chi connectivity index (χ0) is 18.2. The number of hydrogen-bond acceptors (Lipinski definition) is 0. The summed E-state index contributed by atoms with van der Waals surface area (Å²) in [7, 11) is 0. The zero-order valence-corrected chi connectivity index (χ0v) is 17.5. The average molecular weight is 355 g/mol. The lowest BCUT2D eigenvalue weighted by molar-refractivity contribution is 0.199. The topological polar surface area (TPSA) is 0 Å². The summed E-state index contributed by atoms with van der Waals surface area (Å²) in [5.41, 5.74) is 3.08. The molecule has 3 rings (SSSR count). The number of rotatable bonds is 8. The molecule has 0 nitrogen and oxygen atoms in total. The van der Waals surface area contributed by atoms with E-state index in [4.69, 9.17) is 0 Å². The van der Waals surface area contributed by atoms with E-state index in [1.54, 1.807) is 12.0 Å². The molecule has 0 N–H and O–H groups in total. The monoisotopic (exact) mass is 354 g/mol. The Labute approximate surface area is 163 Å². The van der Waals surface area contributed by atoms with Crippen LogP contribution in [0.4, 0.5) is 0 Å². The number of hydrogen-bond donors (Lipinski definition) is 0. The normalized spacial score (nSPS) is 29.6. The maximum absolute atomic E-state index is 2.41. The molecule has 1 aromatic carbocycles. The molecule has 26 heavy (non-hydrogen) atoms.